The summed E-state index contributed by atoms with van der Waals surface area (Å²) in [5.74, 6) is 0. The number of allylic oxidation sites excluding steroid dienone is 1. The number of hydrogen-bond acceptors (Lipinski definition) is 2. The first-order valence-corrected chi connectivity index (χ1v) is 35.5. The first-order chi connectivity index (χ1) is 51.1. The van der Waals surface area contributed by atoms with Crippen molar-refractivity contribution in [2.75, 3.05) is 9.80 Å². The molecule has 4 heteroatoms. The van der Waals surface area contributed by atoms with Gasteiger partial charge in [0.15, 0.2) is 0 Å². The van der Waals surface area contributed by atoms with Crippen molar-refractivity contribution in [3.8, 4) is 44.8 Å². The molecule has 0 unspecified atom stereocenters. The van der Waals surface area contributed by atoms with Crippen LogP contribution >= 0.6 is 0 Å². The fourth-order valence-corrected chi connectivity index (χ4v) is 16.5. The van der Waals surface area contributed by atoms with Gasteiger partial charge in [-0.2, -0.15) is 0 Å². The third-order valence-corrected chi connectivity index (χ3v) is 21.0. The molecule has 2 heterocycles. The zero-order chi connectivity index (χ0) is 68.5. The van der Waals surface area contributed by atoms with Gasteiger partial charge in [0.05, 0.1) is 44.8 Å². The number of anilines is 6. The summed E-state index contributed by atoms with van der Waals surface area (Å²) in [5.41, 5.74) is 24.4. The molecule has 0 spiro atoms. The lowest BCUT2D eigenvalue weighted by atomic mass is 9.90. The molecular weight excluding hydrogens is 1250 g/mol. The molecule has 17 aromatic carbocycles. The Morgan fingerprint density at radius 3 is 1.21 bits per heavy atom. The molecule has 103 heavy (non-hydrogen) atoms. The Kier molecular flexibility index (Phi) is 14.9. The number of benzene rings is 17. The fraction of sp³-hybridized carbons (Fsp3) is 0.0101. The summed E-state index contributed by atoms with van der Waals surface area (Å²) in [5, 5.41) is 14.4. The Bertz CT molecular complexity index is 6600. The molecular formula is C99H68N4. The third kappa shape index (κ3) is 10.1. The van der Waals surface area contributed by atoms with Crippen molar-refractivity contribution in [2.24, 2.45) is 0 Å². The molecule has 19 rings (SSSR count). The molecule has 0 aliphatic carbocycles. The first-order valence-electron chi connectivity index (χ1n) is 35.5. The summed E-state index contributed by atoms with van der Waals surface area (Å²) in [6.07, 6.45) is 4.32. The van der Waals surface area contributed by atoms with Crippen LogP contribution in [0.15, 0.2) is 383 Å². The minimum atomic E-state index is 1.02. The van der Waals surface area contributed by atoms with E-state index in [1.807, 2.05) is 0 Å². The monoisotopic (exact) mass is 1310 g/mol. The van der Waals surface area contributed by atoms with Gasteiger partial charge in [-0.1, -0.05) is 298 Å². The molecule has 0 saturated carbocycles. The molecule has 2 aromatic heterocycles. The van der Waals surface area contributed by atoms with E-state index >= 15 is 0 Å². The highest BCUT2D eigenvalue weighted by Gasteiger charge is 2.26. The normalized spacial score (nSPS) is 11.8. The average Bonchev–Trinajstić information content (AvgIpc) is 1.60. The SMILES string of the molecule is C=Cc1c(/C(=C\C)c2cccc(-c3ccccc3N(c3cccc(-c4cccc5c4c4ccc6ccccc6c4n5-c4ccccc4)c3)c3cccc4ccccc34)c2)cccc1N(c1cccc(-c2cccc3c2c2ccc4ccccc4c2n3-c2ccccc2)c1)c1cccc2ccccc12. The Labute approximate surface area is 598 Å². The van der Waals surface area contributed by atoms with E-state index in [1.165, 1.54) is 76.2 Å². The standard InChI is InChI=1S/C99H68N4/c1-3-78(87-52-28-56-90(79(87)4-2)100(92-54-24-33-66-29-11-15-45-80(66)92)76-43-22-37-72(64-76)83-50-26-57-94-96(83)88-61-59-68-31-13-17-48-85(68)98(88)102(94)74-39-7-5-8-40-74)70-35-21-36-71(63-70)82-47-19-20-53-91(82)101(93-55-25-34-67-30-12-16-46-81(67)93)77-44-23-38-73(65-77)84-51-27-58-95-97(84)89-62-60-69-32-14-18-49-86(69)99(89)103(95)75-41-9-6-10-42-75/h3-65H,2H2,1H3/b78-3-. The van der Waals surface area contributed by atoms with Gasteiger partial charge in [-0.15, -0.1) is 0 Å². The summed E-state index contributed by atoms with van der Waals surface area (Å²) in [7, 11) is 0. The van der Waals surface area contributed by atoms with E-state index in [9.17, 15) is 0 Å². The van der Waals surface area contributed by atoms with Gasteiger partial charge in [0.2, 0.25) is 0 Å². The van der Waals surface area contributed by atoms with Crippen molar-refractivity contribution in [2.45, 2.75) is 6.92 Å². The van der Waals surface area contributed by atoms with E-state index in [-0.39, 0.29) is 0 Å². The highest BCUT2D eigenvalue weighted by Crippen LogP contribution is 2.50. The molecule has 0 radical (unpaired) electrons. The van der Waals surface area contributed by atoms with Crippen LogP contribution in [0.2, 0.25) is 0 Å². The third-order valence-electron chi connectivity index (χ3n) is 21.0. The minimum Gasteiger partial charge on any atom is -0.309 e. The highest BCUT2D eigenvalue weighted by atomic mass is 15.2. The van der Waals surface area contributed by atoms with E-state index in [0.717, 1.165) is 112 Å². The number of para-hydroxylation sites is 3. The predicted octanol–water partition coefficient (Wildman–Crippen LogP) is 27.5. The van der Waals surface area contributed by atoms with Crippen LogP contribution in [-0.4, -0.2) is 9.13 Å². The van der Waals surface area contributed by atoms with E-state index < -0.39 is 0 Å². The predicted molar refractivity (Wildman–Crippen MR) is 440 cm³/mol. The lowest BCUT2D eigenvalue weighted by molar-refractivity contribution is 1.19. The molecule has 484 valence electrons. The average molecular weight is 1310 g/mol. The zero-order valence-electron chi connectivity index (χ0n) is 56.9. The van der Waals surface area contributed by atoms with E-state index in [2.05, 4.69) is 415 Å². The quantitative estimate of drug-likeness (QED) is 0.108. The summed E-state index contributed by atoms with van der Waals surface area (Å²) in [6, 6.07) is 136. The topological polar surface area (TPSA) is 16.3 Å². The van der Waals surface area contributed by atoms with Gasteiger partial charge < -0.3 is 18.9 Å². The van der Waals surface area contributed by atoms with Crippen LogP contribution in [0.4, 0.5) is 34.1 Å². The Hall–Kier alpha value is -13.5. The van der Waals surface area contributed by atoms with E-state index in [1.54, 1.807) is 0 Å². The van der Waals surface area contributed by atoms with Crippen LogP contribution in [0.5, 0.6) is 0 Å². The Morgan fingerprint density at radius 1 is 0.301 bits per heavy atom. The number of nitrogens with zero attached hydrogens (tertiary/aromatic N) is 4. The number of rotatable bonds is 14. The van der Waals surface area contributed by atoms with Gasteiger partial charge in [-0.05, 0) is 164 Å². The van der Waals surface area contributed by atoms with Crippen molar-refractivity contribution in [1.82, 2.24) is 9.13 Å². The molecule has 0 bridgehead atoms. The van der Waals surface area contributed by atoms with Gasteiger partial charge in [-0.25, -0.2) is 0 Å². The lowest BCUT2D eigenvalue weighted by Gasteiger charge is -2.30. The second kappa shape index (κ2) is 25.3. The Morgan fingerprint density at radius 2 is 0.689 bits per heavy atom. The van der Waals surface area contributed by atoms with Gasteiger partial charge in [0.25, 0.3) is 0 Å². The summed E-state index contributed by atoms with van der Waals surface area (Å²) in [6.45, 7) is 6.83. The number of hydrogen-bond donors (Lipinski definition) is 0. The minimum absolute atomic E-state index is 1.02. The summed E-state index contributed by atoms with van der Waals surface area (Å²) < 4.78 is 4.91. The van der Waals surface area contributed by atoms with E-state index in [0.29, 0.717) is 0 Å². The maximum absolute atomic E-state index is 4.66. The van der Waals surface area contributed by atoms with Gasteiger partial charge in [0.1, 0.15) is 0 Å². The van der Waals surface area contributed by atoms with Crippen molar-refractivity contribution in [3.05, 3.63) is 399 Å². The van der Waals surface area contributed by atoms with Crippen LogP contribution in [-0.2, 0) is 0 Å². The van der Waals surface area contributed by atoms with Crippen molar-refractivity contribution in [3.63, 3.8) is 0 Å². The second-order valence-electron chi connectivity index (χ2n) is 26.6. The van der Waals surface area contributed by atoms with Crippen LogP contribution in [0.25, 0.3) is 143 Å². The summed E-state index contributed by atoms with van der Waals surface area (Å²) in [4.78, 5) is 4.93. The summed E-state index contributed by atoms with van der Waals surface area (Å²) >= 11 is 0. The number of aromatic nitrogens is 2. The largest absolute Gasteiger partial charge is 0.309 e. The fourth-order valence-electron chi connectivity index (χ4n) is 16.5. The van der Waals surface area contributed by atoms with E-state index in [4.69, 9.17) is 0 Å². The first kappa shape index (κ1) is 60.6. The molecule has 4 nitrogen and oxygen atoms in total. The molecule has 0 N–H and O–H groups in total. The molecule has 0 amide bonds. The van der Waals surface area contributed by atoms with Gasteiger partial charge in [0, 0.05) is 77.0 Å². The highest BCUT2D eigenvalue weighted by molar-refractivity contribution is 6.24. The molecule has 0 saturated heterocycles. The molecule has 0 fully saturated rings. The lowest BCUT2D eigenvalue weighted by Crippen LogP contribution is -2.13. The second-order valence-corrected chi connectivity index (χ2v) is 26.6. The van der Waals surface area contributed by atoms with Crippen LogP contribution < -0.4 is 9.80 Å². The zero-order valence-corrected chi connectivity index (χ0v) is 56.9. The van der Waals surface area contributed by atoms with Crippen molar-refractivity contribution < 1.29 is 0 Å². The molecule has 0 aliphatic rings. The maximum Gasteiger partial charge on any atom is 0.0619 e. The van der Waals surface area contributed by atoms with Crippen molar-refractivity contribution in [1.29, 1.82) is 0 Å². The maximum atomic E-state index is 4.66. The van der Waals surface area contributed by atoms with Gasteiger partial charge >= 0.3 is 0 Å². The molecule has 0 aliphatic heterocycles. The molecule has 0 atom stereocenters. The van der Waals surface area contributed by atoms with Crippen LogP contribution in [0.3, 0.4) is 0 Å². The molecule has 19 aromatic rings. The van der Waals surface area contributed by atoms with Crippen LogP contribution in [0.1, 0.15) is 23.6 Å². The number of fused-ring (bicyclic) bond motifs is 12. The Balaban J connectivity index is 0.745. The smallest absolute Gasteiger partial charge is 0.0619 e. The van der Waals surface area contributed by atoms with Crippen molar-refractivity contribution >= 4 is 132 Å². The van der Waals surface area contributed by atoms with Crippen LogP contribution in [0, 0.1) is 0 Å². The van der Waals surface area contributed by atoms with Gasteiger partial charge in [-0.3, -0.25) is 0 Å².